The van der Waals surface area contributed by atoms with Crippen LogP contribution in [0.25, 0.3) is 0 Å². The Balaban J connectivity index is 2.26. The van der Waals surface area contributed by atoms with Gasteiger partial charge in [-0.1, -0.05) is 12.8 Å². The molecule has 1 aromatic rings. The molecular formula is C11H16N2O2. The number of ether oxygens (including phenoxy) is 1. The lowest BCUT2D eigenvalue weighted by molar-refractivity contribution is 0.177. The number of aromatic amines is 1. The van der Waals surface area contributed by atoms with Crippen molar-refractivity contribution in [1.29, 1.82) is 0 Å². The molecule has 0 bridgehead atoms. The molecule has 1 aliphatic rings. The van der Waals surface area contributed by atoms with E-state index in [1.54, 1.807) is 13.2 Å². The van der Waals surface area contributed by atoms with Crippen LogP contribution in [0.15, 0.2) is 10.9 Å². The molecule has 0 spiro atoms. The van der Waals surface area contributed by atoms with E-state index >= 15 is 0 Å². The molecule has 1 heterocycles. The van der Waals surface area contributed by atoms with E-state index in [-0.39, 0.29) is 5.56 Å². The van der Waals surface area contributed by atoms with E-state index in [0.717, 1.165) is 18.5 Å². The largest absolute Gasteiger partial charge is 0.377 e. The Kier molecular flexibility index (Phi) is 3.16. The summed E-state index contributed by atoms with van der Waals surface area (Å²) < 4.78 is 4.97. The smallest absolute Gasteiger partial charge is 0.251 e. The summed E-state index contributed by atoms with van der Waals surface area (Å²) in [7, 11) is 1.60. The van der Waals surface area contributed by atoms with Crippen molar-refractivity contribution in [2.45, 2.75) is 38.2 Å². The number of rotatable bonds is 3. The van der Waals surface area contributed by atoms with E-state index in [1.165, 1.54) is 12.8 Å². The summed E-state index contributed by atoms with van der Waals surface area (Å²) in [5.74, 6) is 1.11. The number of nitrogens with zero attached hydrogens (tertiary/aromatic N) is 1. The van der Waals surface area contributed by atoms with Crippen molar-refractivity contribution in [3.63, 3.8) is 0 Å². The van der Waals surface area contributed by atoms with Crippen LogP contribution in [0, 0.1) is 0 Å². The molecule has 1 aliphatic carbocycles. The van der Waals surface area contributed by atoms with Crippen LogP contribution in [0.1, 0.15) is 43.1 Å². The van der Waals surface area contributed by atoms with Gasteiger partial charge in [0.05, 0.1) is 5.69 Å². The van der Waals surface area contributed by atoms with Gasteiger partial charge < -0.3 is 9.72 Å². The SMILES string of the molecule is COCc1nc(C2CCCC2)cc(=O)[nH]1. The lowest BCUT2D eigenvalue weighted by atomic mass is 10.0. The van der Waals surface area contributed by atoms with Crippen LogP contribution in [0.5, 0.6) is 0 Å². The van der Waals surface area contributed by atoms with Gasteiger partial charge in [-0.05, 0) is 12.8 Å². The van der Waals surface area contributed by atoms with Crippen molar-refractivity contribution in [3.05, 3.63) is 27.9 Å². The normalized spacial score (nSPS) is 17.1. The molecule has 15 heavy (non-hydrogen) atoms. The summed E-state index contributed by atoms with van der Waals surface area (Å²) in [5.41, 5.74) is 0.863. The number of hydrogen-bond donors (Lipinski definition) is 1. The second-order valence-electron chi connectivity index (χ2n) is 4.03. The van der Waals surface area contributed by atoms with Crippen molar-refractivity contribution in [1.82, 2.24) is 9.97 Å². The maximum Gasteiger partial charge on any atom is 0.251 e. The molecule has 2 rings (SSSR count). The molecular weight excluding hydrogens is 192 g/mol. The molecule has 1 aromatic heterocycles. The number of H-pyrrole nitrogens is 1. The molecule has 4 nitrogen and oxygen atoms in total. The Labute approximate surface area is 88.7 Å². The monoisotopic (exact) mass is 208 g/mol. The van der Waals surface area contributed by atoms with E-state index in [9.17, 15) is 4.79 Å². The van der Waals surface area contributed by atoms with Gasteiger partial charge in [0.1, 0.15) is 12.4 Å². The van der Waals surface area contributed by atoms with E-state index in [2.05, 4.69) is 9.97 Å². The van der Waals surface area contributed by atoms with Gasteiger partial charge in [-0.15, -0.1) is 0 Å². The second kappa shape index (κ2) is 4.57. The minimum atomic E-state index is -0.0704. The minimum absolute atomic E-state index is 0.0704. The summed E-state index contributed by atoms with van der Waals surface area (Å²) in [6, 6.07) is 1.62. The first-order valence-corrected chi connectivity index (χ1v) is 5.38. The van der Waals surface area contributed by atoms with Gasteiger partial charge in [-0.25, -0.2) is 4.98 Å². The summed E-state index contributed by atoms with van der Waals surface area (Å²) in [4.78, 5) is 18.5. The Bertz CT molecular complexity index is 380. The molecule has 1 saturated carbocycles. The highest BCUT2D eigenvalue weighted by Crippen LogP contribution is 2.32. The van der Waals surface area contributed by atoms with Crippen LogP contribution in [-0.4, -0.2) is 17.1 Å². The molecule has 0 aliphatic heterocycles. The van der Waals surface area contributed by atoms with Gasteiger partial charge >= 0.3 is 0 Å². The molecule has 82 valence electrons. The lowest BCUT2D eigenvalue weighted by Gasteiger charge is -2.09. The molecule has 1 N–H and O–H groups in total. The molecule has 0 unspecified atom stereocenters. The van der Waals surface area contributed by atoms with Crippen molar-refractivity contribution in [3.8, 4) is 0 Å². The maximum absolute atomic E-state index is 11.4. The highest BCUT2D eigenvalue weighted by Gasteiger charge is 2.19. The molecule has 0 aromatic carbocycles. The van der Waals surface area contributed by atoms with Gasteiger partial charge in [0.15, 0.2) is 0 Å². The van der Waals surface area contributed by atoms with E-state index in [1.807, 2.05) is 0 Å². The molecule has 1 fully saturated rings. The maximum atomic E-state index is 11.4. The number of nitrogens with one attached hydrogen (secondary N) is 1. The summed E-state index contributed by atoms with van der Waals surface area (Å²) in [5, 5.41) is 0. The van der Waals surface area contributed by atoms with Gasteiger partial charge in [-0.3, -0.25) is 4.79 Å². The predicted molar refractivity (Wildman–Crippen MR) is 56.8 cm³/mol. The summed E-state index contributed by atoms with van der Waals surface area (Å²) >= 11 is 0. The summed E-state index contributed by atoms with van der Waals surface area (Å²) in [6.07, 6.45) is 4.81. The fourth-order valence-electron chi connectivity index (χ4n) is 2.16. The lowest BCUT2D eigenvalue weighted by Crippen LogP contribution is -2.14. The molecule has 0 radical (unpaired) electrons. The highest BCUT2D eigenvalue weighted by molar-refractivity contribution is 5.10. The van der Waals surface area contributed by atoms with Gasteiger partial charge in [0.2, 0.25) is 0 Å². The molecule has 0 saturated heterocycles. The fraction of sp³-hybridized carbons (Fsp3) is 0.636. The third-order valence-corrected chi connectivity index (χ3v) is 2.87. The van der Waals surface area contributed by atoms with Crippen molar-refractivity contribution in [2.24, 2.45) is 0 Å². The first kappa shape index (κ1) is 10.4. The van der Waals surface area contributed by atoms with Gasteiger partial charge in [0, 0.05) is 19.1 Å². The average molecular weight is 208 g/mol. The topological polar surface area (TPSA) is 55.0 Å². The van der Waals surface area contributed by atoms with Crippen LogP contribution in [0.3, 0.4) is 0 Å². The van der Waals surface area contributed by atoms with Gasteiger partial charge in [0.25, 0.3) is 5.56 Å². The van der Waals surface area contributed by atoms with Crippen LogP contribution in [0.4, 0.5) is 0 Å². The zero-order valence-electron chi connectivity index (χ0n) is 8.95. The molecule has 0 atom stereocenters. The Morgan fingerprint density at radius 1 is 1.53 bits per heavy atom. The van der Waals surface area contributed by atoms with E-state index < -0.39 is 0 Å². The van der Waals surface area contributed by atoms with Crippen LogP contribution in [-0.2, 0) is 11.3 Å². The Morgan fingerprint density at radius 2 is 2.27 bits per heavy atom. The van der Waals surface area contributed by atoms with E-state index in [0.29, 0.717) is 18.3 Å². The number of aromatic nitrogens is 2. The van der Waals surface area contributed by atoms with Crippen LogP contribution >= 0.6 is 0 Å². The van der Waals surface area contributed by atoms with Crippen molar-refractivity contribution in [2.75, 3.05) is 7.11 Å². The average Bonchev–Trinajstić information content (AvgIpc) is 2.70. The Morgan fingerprint density at radius 3 is 2.93 bits per heavy atom. The van der Waals surface area contributed by atoms with Crippen LogP contribution < -0.4 is 5.56 Å². The fourth-order valence-corrected chi connectivity index (χ4v) is 2.16. The van der Waals surface area contributed by atoms with E-state index in [4.69, 9.17) is 4.74 Å². The number of methoxy groups -OCH3 is 1. The minimum Gasteiger partial charge on any atom is -0.377 e. The zero-order chi connectivity index (χ0) is 10.7. The Hall–Kier alpha value is -1.16. The zero-order valence-corrected chi connectivity index (χ0v) is 8.95. The van der Waals surface area contributed by atoms with Gasteiger partial charge in [-0.2, -0.15) is 0 Å². The third kappa shape index (κ3) is 2.45. The summed E-state index contributed by atoms with van der Waals surface area (Å²) in [6.45, 7) is 0.371. The first-order chi connectivity index (χ1) is 7.29. The predicted octanol–water partition coefficient (Wildman–Crippen LogP) is 1.57. The second-order valence-corrected chi connectivity index (χ2v) is 4.03. The molecule has 4 heteroatoms. The third-order valence-electron chi connectivity index (χ3n) is 2.87. The van der Waals surface area contributed by atoms with Crippen molar-refractivity contribution >= 4 is 0 Å². The highest BCUT2D eigenvalue weighted by atomic mass is 16.5. The standard InChI is InChI=1S/C11H16N2O2/c1-15-7-10-12-9(6-11(14)13-10)8-4-2-3-5-8/h6,8H,2-5,7H2,1H3,(H,12,13,14). The first-order valence-electron chi connectivity index (χ1n) is 5.38. The van der Waals surface area contributed by atoms with Crippen molar-refractivity contribution < 1.29 is 4.74 Å². The molecule has 0 amide bonds. The quantitative estimate of drug-likeness (QED) is 0.820. The number of hydrogen-bond acceptors (Lipinski definition) is 3. The van der Waals surface area contributed by atoms with Crippen LogP contribution in [0.2, 0.25) is 0 Å².